The van der Waals surface area contributed by atoms with Crippen molar-refractivity contribution < 1.29 is 23.2 Å². The Morgan fingerprint density at radius 3 is 2.63 bits per heavy atom. The Morgan fingerprint density at radius 1 is 1.21 bits per heavy atom. The van der Waals surface area contributed by atoms with Gasteiger partial charge in [0.15, 0.2) is 0 Å². The first-order valence-electron chi connectivity index (χ1n) is 12.4. The van der Waals surface area contributed by atoms with Gasteiger partial charge < -0.3 is 20.5 Å². The molecule has 198 valence electrons. The van der Waals surface area contributed by atoms with Crippen LogP contribution >= 0.6 is 0 Å². The van der Waals surface area contributed by atoms with Gasteiger partial charge in [0.2, 0.25) is 11.8 Å². The first-order chi connectivity index (χ1) is 17.9. The topological polar surface area (TPSA) is 94.3 Å². The maximum atomic E-state index is 14.7. The summed E-state index contributed by atoms with van der Waals surface area (Å²) in [6.45, 7) is 4.54. The van der Waals surface area contributed by atoms with Crippen molar-refractivity contribution in [2.45, 2.75) is 51.4 Å². The summed E-state index contributed by atoms with van der Waals surface area (Å²) in [6, 6.07) is 11.0. The fraction of sp³-hybridized carbons (Fsp3) is 0.345. The molecule has 0 spiro atoms. The van der Waals surface area contributed by atoms with E-state index in [0.29, 0.717) is 16.6 Å². The first kappa shape index (κ1) is 26.9. The van der Waals surface area contributed by atoms with Gasteiger partial charge in [-0.05, 0) is 63.1 Å². The fourth-order valence-corrected chi connectivity index (χ4v) is 4.72. The summed E-state index contributed by atoms with van der Waals surface area (Å²) in [4.78, 5) is 43.8. The number of likely N-dealkylation sites (tertiary alicyclic amines) is 1. The van der Waals surface area contributed by atoms with Crippen LogP contribution in [0.4, 0.5) is 14.5 Å². The van der Waals surface area contributed by atoms with Crippen molar-refractivity contribution in [3.63, 3.8) is 0 Å². The molecule has 3 amide bonds. The average Bonchev–Trinajstić information content (AvgIpc) is 3.48. The summed E-state index contributed by atoms with van der Waals surface area (Å²) in [5.41, 5.74) is 0.295. The summed E-state index contributed by atoms with van der Waals surface area (Å²) < 4.78 is 28.3. The second-order valence-corrected chi connectivity index (χ2v) is 10.3. The predicted octanol–water partition coefficient (Wildman–Crippen LogP) is 4.34. The van der Waals surface area contributed by atoms with Gasteiger partial charge in [0, 0.05) is 29.6 Å². The van der Waals surface area contributed by atoms with Gasteiger partial charge in [-0.1, -0.05) is 24.1 Å². The van der Waals surface area contributed by atoms with Gasteiger partial charge in [0.05, 0.1) is 12.0 Å². The number of fused-ring (bicyclic) bond motifs is 1. The molecule has 1 aliphatic rings. The van der Waals surface area contributed by atoms with Gasteiger partial charge in [-0.3, -0.25) is 14.4 Å². The van der Waals surface area contributed by atoms with Crippen LogP contribution in [0.15, 0.2) is 48.5 Å². The van der Waals surface area contributed by atoms with E-state index in [1.807, 2.05) is 25.1 Å². The third kappa shape index (κ3) is 6.02. The molecule has 3 atom stereocenters. The molecule has 0 unspecified atom stereocenters. The van der Waals surface area contributed by atoms with Crippen LogP contribution in [0.2, 0.25) is 0 Å². The van der Waals surface area contributed by atoms with Crippen LogP contribution in [-0.4, -0.2) is 51.9 Å². The molecule has 1 aliphatic heterocycles. The molecule has 4 rings (SSSR count). The number of anilines is 1. The van der Waals surface area contributed by atoms with Crippen LogP contribution in [0.3, 0.4) is 0 Å². The number of hydrogen-bond donors (Lipinski definition) is 3. The van der Waals surface area contributed by atoms with Crippen LogP contribution in [0.5, 0.6) is 0 Å². The number of para-hydroxylation sites is 1. The Kier molecular flexibility index (Phi) is 7.53. The number of aromatic amines is 1. The number of nitrogens with one attached hydrogen (secondary N) is 3. The SMILES string of the molecule is C#C[C@@H]1C[C@H](C(=O)Nc2ccccc2C)CN1C(=O)[C@H](CC(C)(C)F)NC(=O)c1cc2ccc(F)cc2[nH]1. The first-order valence-corrected chi connectivity index (χ1v) is 12.4. The summed E-state index contributed by atoms with van der Waals surface area (Å²) in [7, 11) is 0. The fourth-order valence-electron chi connectivity index (χ4n) is 4.72. The maximum absolute atomic E-state index is 14.7. The van der Waals surface area contributed by atoms with E-state index in [1.54, 1.807) is 6.07 Å². The lowest BCUT2D eigenvalue weighted by Crippen LogP contribution is -2.52. The lowest BCUT2D eigenvalue weighted by molar-refractivity contribution is -0.134. The Hall–Kier alpha value is -4.19. The van der Waals surface area contributed by atoms with Crippen molar-refractivity contribution >= 4 is 34.3 Å². The van der Waals surface area contributed by atoms with Gasteiger partial charge in [-0.25, -0.2) is 8.78 Å². The van der Waals surface area contributed by atoms with E-state index in [-0.39, 0.29) is 31.0 Å². The van der Waals surface area contributed by atoms with Crippen molar-refractivity contribution in [3.8, 4) is 12.3 Å². The van der Waals surface area contributed by atoms with Crippen molar-refractivity contribution in [3.05, 3.63) is 65.6 Å². The number of alkyl halides is 1. The maximum Gasteiger partial charge on any atom is 0.268 e. The number of H-pyrrole nitrogens is 1. The Bertz CT molecular complexity index is 1420. The highest BCUT2D eigenvalue weighted by molar-refractivity contribution is 6.00. The number of hydrogen-bond acceptors (Lipinski definition) is 3. The zero-order valence-corrected chi connectivity index (χ0v) is 21.5. The molecule has 3 N–H and O–H groups in total. The van der Waals surface area contributed by atoms with Crippen molar-refractivity contribution in [1.82, 2.24) is 15.2 Å². The smallest absolute Gasteiger partial charge is 0.268 e. The van der Waals surface area contributed by atoms with Crippen molar-refractivity contribution in [2.24, 2.45) is 5.92 Å². The van der Waals surface area contributed by atoms with E-state index in [1.165, 1.54) is 43.0 Å². The second-order valence-electron chi connectivity index (χ2n) is 10.3. The molecule has 0 radical (unpaired) electrons. The third-order valence-corrected chi connectivity index (χ3v) is 6.67. The van der Waals surface area contributed by atoms with Crippen LogP contribution in [0, 0.1) is 31.0 Å². The van der Waals surface area contributed by atoms with Crippen molar-refractivity contribution in [2.75, 3.05) is 11.9 Å². The molecule has 0 aliphatic carbocycles. The molecule has 0 bridgehead atoms. The van der Waals surface area contributed by atoms with E-state index in [0.717, 1.165) is 5.56 Å². The number of aromatic nitrogens is 1. The highest BCUT2D eigenvalue weighted by Gasteiger charge is 2.42. The molecule has 2 heterocycles. The predicted molar refractivity (Wildman–Crippen MR) is 142 cm³/mol. The molecule has 7 nitrogen and oxygen atoms in total. The van der Waals surface area contributed by atoms with E-state index >= 15 is 0 Å². The van der Waals surface area contributed by atoms with Crippen LogP contribution < -0.4 is 10.6 Å². The molecular weight excluding hydrogens is 490 g/mol. The zero-order chi connectivity index (χ0) is 27.6. The lowest BCUT2D eigenvalue weighted by Gasteiger charge is -2.29. The largest absolute Gasteiger partial charge is 0.350 e. The number of amides is 3. The Balaban J connectivity index is 1.52. The summed E-state index contributed by atoms with van der Waals surface area (Å²) in [6.07, 6.45) is 5.64. The summed E-state index contributed by atoms with van der Waals surface area (Å²) in [5.74, 6) is 0.0376. The summed E-state index contributed by atoms with van der Waals surface area (Å²) in [5, 5.41) is 6.11. The number of aryl methyl sites for hydroxylation is 1. The Morgan fingerprint density at radius 2 is 1.95 bits per heavy atom. The van der Waals surface area contributed by atoms with E-state index in [9.17, 15) is 23.2 Å². The van der Waals surface area contributed by atoms with E-state index < -0.39 is 41.3 Å². The minimum Gasteiger partial charge on any atom is -0.350 e. The number of terminal acetylenes is 1. The molecule has 1 saturated heterocycles. The number of halogens is 2. The molecule has 9 heteroatoms. The molecule has 3 aromatic rings. The van der Waals surface area contributed by atoms with E-state index in [4.69, 9.17) is 6.42 Å². The van der Waals surface area contributed by atoms with Crippen LogP contribution in [0.25, 0.3) is 10.9 Å². The third-order valence-electron chi connectivity index (χ3n) is 6.67. The lowest BCUT2D eigenvalue weighted by atomic mass is 9.99. The highest BCUT2D eigenvalue weighted by atomic mass is 19.1. The van der Waals surface area contributed by atoms with Crippen LogP contribution in [0.1, 0.15) is 42.7 Å². The zero-order valence-electron chi connectivity index (χ0n) is 21.5. The van der Waals surface area contributed by atoms with Gasteiger partial charge in [0.1, 0.15) is 23.2 Å². The highest BCUT2D eigenvalue weighted by Crippen LogP contribution is 2.28. The van der Waals surface area contributed by atoms with Gasteiger partial charge >= 0.3 is 0 Å². The molecule has 1 fully saturated rings. The number of rotatable bonds is 7. The quantitative estimate of drug-likeness (QED) is 0.405. The van der Waals surface area contributed by atoms with Gasteiger partial charge in [0.25, 0.3) is 5.91 Å². The van der Waals surface area contributed by atoms with E-state index in [2.05, 4.69) is 21.5 Å². The summed E-state index contributed by atoms with van der Waals surface area (Å²) >= 11 is 0. The molecule has 2 aromatic carbocycles. The Labute approximate surface area is 220 Å². The number of benzene rings is 2. The number of carbonyl (C=O) groups is 3. The minimum absolute atomic E-state index is 0.0379. The van der Waals surface area contributed by atoms with Gasteiger partial charge in [-0.15, -0.1) is 6.42 Å². The van der Waals surface area contributed by atoms with Gasteiger partial charge in [-0.2, -0.15) is 0 Å². The standard InChI is InChI=1S/C29H30F2N4O3/c1-5-21-12-19(26(36)33-22-9-7-6-8-17(22)2)16-35(21)28(38)25(15-29(3,4)31)34-27(37)24-13-18-10-11-20(30)14-23(18)32-24/h1,6-11,13-14,19,21,25,32H,12,15-16H2,2-4H3,(H,33,36)(H,34,37)/t19-,21+,25-/m0/s1. The monoisotopic (exact) mass is 520 g/mol. The molecular formula is C29H30F2N4O3. The average molecular weight is 521 g/mol. The van der Waals surface area contributed by atoms with Crippen molar-refractivity contribution in [1.29, 1.82) is 0 Å². The second kappa shape index (κ2) is 10.7. The minimum atomic E-state index is -1.79. The molecule has 38 heavy (non-hydrogen) atoms. The number of carbonyl (C=O) groups excluding carboxylic acids is 3. The number of nitrogens with zero attached hydrogens (tertiary/aromatic N) is 1. The molecule has 1 aromatic heterocycles. The normalized spacial score (nSPS) is 18.2. The van der Waals surface area contributed by atoms with Crippen LogP contribution in [-0.2, 0) is 9.59 Å². The molecule has 0 saturated carbocycles.